The number of aryl methyl sites for hydroxylation is 1. The lowest BCUT2D eigenvalue weighted by Crippen LogP contribution is -1.91. The minimum Gasteiger partial charge on any atom is -0.508 e. The predicted octanol–water partition coefficient (Wildman–Crippen LogP) is 3.96. The summed E-state index contributed by atoms with van der Waals surface area (Å²) in [5.74, 6) is -0.0162. The number of rotatable bonds is 2. The van der Waals surface area contributed by atoms with Gasteiger partial charge in [0.25, 0.3) is 0 Å². The van der Waals surface area contributed by atoms with Crippen molar-refractivity contribution in [2.24, 2.45) is 0 Å². The number of hydrogen-bond acceptors (Lipinski definition) is 3. The Morgan fingerprint density at radius 2 is 1.38 bits per heavy atom. The molecule has 1 aromatic heterocycles. The second-order valence-electron chi connectivity index (χ2n) is 4.81. The molecule has 2 aromatic carbocycles. The third-order valence-electron chi connectivity index (χ3n) is 3.30. The standard InChI is InChI=1S/C17H13FN2O/c1-11-10-13(4-9-17(11)21)16-8-7-15(19-20-16)12-2-5-14(18)6-3-12/h2-10,21H,1H3. The molecule has 0 aliphatic heterocycles. The summed E-state index contributed by atoms with van der Waals surface area (Å²) in [6.45, 7) is 1.83. The van der Waals surface area contributed by atoms with Crippen LogP contribution in [0.4, 0.5) is 4.39 Å². The fraction of sp³-hybridized carbons (Fsp3) is 0.0588. The molecule has 0 bridgehead atoms. The molecule has 1 heterocycles. The van der Waals surface area contributed by atoms with Crippen LogP contribution in [0.2, 0.25) is 0 Å². The maximum atomic E-state index is 12.9. The van der Waals surface area contributed by atoms with Crippen molar-refractivity contribution < 1.29 is 9.50 Å². The van der Waals surface area contributed by atoms with Gasteiger partial charge >= 0.3 is 0 Å². The van der Waals surface area contributed by atoms with E-state index in [4.69, 9.17) is 0 Å². The van der Waals surface area contributed by atoms with Gasteiger partial charge in [0.15, 0.2) is 0 Å². The van der Waals surface area contributed by atoms with Crippen LogP contribution in [0.15, 0.2) is 54.6 Å². The first-order chi connectivity index (χ1) is 10.1. The van der Waals surface area contributed by atoms with Crippen molar-refractivity contribution in [3.63, 3.8) is 0 Å². The number of phenols is 1. The molecule has 4 heteroatoms. The maximum absolute atomic E-state index is 12.9. The lowest BCUT2D eigenvalue weighted by molar-refractivity contribution is 0.471. The smallest absolute Gasteiger partial charge is 0.123 e. The van der Waals surface area contributed by atoms with Gasteiger partial charge in [0.05, 0.1) is 11.4 Å². The summed E-state index contributed by atoms with van der Waals surface area (Å²) in [6, 6.07) is 15.1. The van der Waals surface area contributed by atoms with Crippen LogP contribution in [-0.4, -0.2) is 15.3 Å². The Bertz CT molecular complexity index is 768. The third kappa shape index (κ3) is 2.74. The van der Waals surface area contributed by atoms with E-state index in [1.807, 2.05) is 25.1 Å². The van der Waals surface area contributed by atoms with E-state index >= 15 is 0 Å². The molecule has 0 unspecified atom stereocenters. The lowest BCUT2D eigenvalue weighted by atomic mass is 10.1. The molecule has 3 rings (SSSR count). The molecular weight excluding hydrogens is 267 g/mol. The van der Waals surface area contributed by atoms with Gasteiger partial charge in [-0.3, -0.25) is 0 Å². The average molecular weight is 280 g/mol. The molecule has 0 radical (unpaired) electrons. The molecule has 0 fully saturated rings. The van der Waals surface area contributed by atoms with Gasteiger partial charge in [-0.25, -0.2) is 4.39 Å². The van der Waals surface area contributed by atoms with Gasteiger partial charge in [-0.15, -0.1) is 10.2 Å². The molecule has 1 N–H and O–H groups in total. The van der Waals surface area contributed by atoms with Crippen molar-refractivity contribution in [2.45, 2.75) is 6.92 Å². The largest absolute Gasteiger partial charge is 0.508 e. The Morgan fingerprint density at radius 3 is 1.95 bits per heavy atom. The highest BCUT2D eigenvalue weighted by atomic mass is 19.1. The molecule has 104 valence electrons. The second-order valence-corrected chi connectivity index (χ2v) is 4.81. The van der Waals surface area contributed by atoms with Gasteiger partial charge in [0.1, 0.15) is 11.6 Å². The van der Waals surface area contributed by atoms with Crippen LogP contribution in [0.25, 0.3) is 22.5 Å². The van der Waals surface area contributed by atoms with Crippen LogP contribution in [0.5, 0.6) is 5.75 Å². The normalized spacial score (nSPS) is 10.6. The van der Waals surface area contributed by atoms with E-state index in [0.29, 0.717) is 5.69 Å². The van der Waals surface area contributed by atoms with Crippen molar-refractivity contribution >= 4 is 0 Å². The molecule has 3 aromatic rings. The van der Waals surface area contributed by atoms with Gasteiger partial charge in [-0.2, -0.15) is 0 Å². The van der Waals surface area contributed by atoms with E-state index in [1.165, 1.54) is 12.1 Å². The van der Waals surface area contributed by atoms with E-state index in [2.05, 4.69) is 10.2 Å². The average Bonchev–Trinajstić information content (AvgIpc) is 2.51. The minimum atomic E-state index is -0.275. The number of benzene rings is 2. The maximum Gasteiger partial charge on any atom is 0.123 e. The third-order valence-corrected chi connectivity index (χ3v) is 3.30. The second kappa shape index (κ2) is 5.32. The summed E-state index contributed by atoms with van der Waals surface area (Å²) in [5, 5.41) is 17.9. The van der Waals surface area contributed by atoms with Crippen LogP contribution in [0.3, 0.4) is 0 Å². The Balaban J connectivity index is 1.93. The number of phenolic OH excluding ortho intramolecular Hbond substituents is 1. The highest BCUT2D eigenvalue weighted by molar-refractivity contribution is 5.64. The minimum absolute atomic E-state index is 0.259. The number of hydrogen-bond donors (Lipinski definition) is 1. The van der Waals surface area contributed by atoms with E-state index in [-0.39, 0.29) is 11.6 Å². The van der Waals surface area contributed by atoms with Crippen LogP contribution < -0.4 is 0 Å². The van der Waals surface area contributed by atoms with Crippen LogP contribution in [0, 0.1) is 12.7 Å². The van der Waals surface area contributed by atoms with Crippen LogP contribution in [0.1, 0.15) is 5.56 Å². The van der Waals surface area contributed by atoms with Gasteiger partial charge in [-0.05, 0) is 67.1 Å². The van der Waals surface area contributed by atoms with Crippen LogP contribution in [-0.2, 0) is 0 Å². The quantitative estimate of drug-likeness (QED) is 0.772. The monoisotopic (exact) mass is 280 g/mol. The SMILES string of the molecule is Cc1cc(-c2ccc(-c3ccc(F)cc3)nn2)ccc1O. The van der Waals surface area contributed by atoms with Crippen molar-refractivity contribution in [3.8, 4) is 28.3 Å². The van der Waals surface area contributed by atoms with Gasteiger partial charge in [0, 0.05) is 11.1 Å². The summed E-state index contributed by atoms with van der Waals surface area (Å²) in [5.41, 5.74) is 3.91. The Hall–Kier alpha value is -2.75. The summed E-state index contributed by atoms with van der Waals surface area (Å²) in [6.07, 6.45) is 0. The summed E-state index contributed by atoms with van der Waals surface area (Å²) >= 11 is 0. The number of aromatic hydroxyl groups is 1. The molecule has 3 nitrogen and oxygen atoms in total. The van der Waals surface area contributed by atoms with Gasteiger partial charge < -0.3 is 5.11 Å². The number of nitrogens with zero attached hydrogens (tertiary/aromatic N) is 2. The Kier molecular flexibility index (Phi) is 3.36. The van der Waals surface area contributed by atoms with Crippen LogP contribution >= 0.6 is 0 Å². The van der Waals surface area contributed by atoms with E-state index in [1.54, 1.807) is 24.3 Å². The van der Waals surface area contributed by atoms with Crippen molar-refractivity contribution in [3.05, 3.63) is 66.0 Å². The summed E-state index contributed by atoms with van der Waals surface area (Å²) in [7, 11) is 0. The zero-order valence-electron chi connectivity index (χ0n) is 11.4. The molecule has 0 spiro atoms. The fourth-order valence-electron chi connectivity index (χ4n) is 2.08. The molecule has 0 aliphatic carbocycles. The van der Waals surface area contributed by atoms with E-state index in [0.717, 1.165) is 22.4 Å². The number of aromatic nitrogens is 2. The van der Waals surface area contributed by atoms with E-state index in [9.17, 15) is 9.50 Å². The zero-order valence-corrected chi connectivity index (χ0v) is 11.4. The van der Waals surface area contributed by atoms with Gasteiger partial charge in [-0.1, -0.05) is 0 Å². The van der Waals surface area contributed by atoms with Crippen molar-refractivity contribution in [1.82, 2.24) is 10.2 Å². The Labute approximate surface area is 121 Å². The molecular formula is C17H13FN2O. The lowest BCUT2D eigenvalue weighted by Gasteiger charge is -2.05. The van der Waals surface area contributed by atoms with Crippen molar-refractivity contribution in [2.75, 3.05) is 0 Å². The summed E-state index contributed by atoms with van der Waals surface area (Å²) in [4.78, 5) is 0. The molecule has 21 heavy (non-hydrogen) atoms. The molecule has 0 saturated heterocycles. The fourth-order valence-corrected chi connectivity index (χ4v) is 2.08. The highest BCUT2D eigenvalue weighted by Gasteiger charge is 2.05. The van der Waals surface area contributed by atoms with Crippen molar-refractivity contribution in [1.29, 1.82) is 0 Å². The number of halogens is 1. The highest BCUT2D eigenvalue weighted by Crippen LogP contribution is 2.25. The van der Waals surface area contributed by atoms with Gasteiger partial charge in [0.2, 0.25) is 0 Å². The predicted molar refractivity (Wildman–Crippen MR) is 79.3 cm³/mol. The zero-order chi connectivity index (χ0) is 14.8. The molecule has 0 saturated carbocycles. The first-order valence-electron chi connectivity index (χ1n) is 6.53. The molecule has 0 atom stereocenters. The molecule has 0 aliphatic rings. The van der Waals surface area contributed by atoms with E-state index < -0.39 is 0 Å². The Morgan fingerprint density at radius 1 is 0.810 bits per heavy atom. The topological polar surface area (TPSA) is 46.0 Å². The summed E-state index contributed by atoms with van der Waals surface area (Å²) < 4.78 is 12.9. The first kappa shape index (κ1) is 13.2. The first-order valence-corrected chi connectivity index (χ1v) is 6.53. The molecule has 0 amide bonds.